The third kappa shape index (κ3) is 6.29. The highest BCUT2D eigenvalue weighted by Crippen LogP contribution is 2.11. The number of thioether (sulfide) groups is 1. The Kier molecular flexibility index (Phi) is 7.64. The minimum Gasteiger partial charge on any atom is -0.356 e. The average molecular weight is 293 g/mol. The van der Waals surface area contributed by atoms with Crippen LogP contribution in [0.3, 0.4) is 0 Å². The van der Waals surface area contributed by atoms with Gasteiger partial charge >= 0.3 is 0 Å². The van der Waals surface area contributed by atoms with E-state index < -0.39 is 0 Å². The Morgan fingerprint density at radius 3 is 3.06 bits per heavy atom. The van der Waals surface area contributed by atoms with Gasteiger partial charge in [0.2, 0.25) is 5.91 Å². The molecule has 0 atom stereocenters. The van der Waals surface area contributed by atoms with Crippen LogP contribution in [0.4, 0.5) is 0 Å². The Morgan fingerprint density at radius 1 is 1.59 bits per heavy atom. The molecule has 0 bridgehead atoms. The molecule has 1 aromatic rings. The van der Waals surface area contributed by atoms with Gasteiger partial charge in [-0.3, -0.25) is 4.79 Å². The summed E-state index contributed by atoms with van der Waals surface area (Å²) in [6.45, 7) is 0.757. The average Bonchev–Trinajstić information content (AvgIpc) is 2.76. The number of halogens is 1. The first-order chi connectivity index (χ1) is 8.26. The van der Waals surface area contributed by atoms with Crippen LogP contribution in [0.1, 0.15) is 23.5 Å². The van der Waals surface area contributed by atoms with Crippen molar-refractivity contribution in [1.29, 1.82) is 0 Å². The van der Waals surface area contributed by atoms with E-state index in [1.165, 1.54) is 11.3 Å². The predicted molar refractivity (Wildman–Crippen MR) is 76.0 cm³/mol. The largest absolute Gasteiger partial charge is 0.356 e. The standard InChI is InChI=1S/C11H17ClN2OS2/c1-16-5-3-2-4-13-10(15)6-11-14-9(7-12)8-17-11/h8H,2-7H2,1H3,(H,13,15). The minimum atomic E-state index is 0.0459. The predicted octanol–water partition coefficient (Wildman–Crippen LogP) is 2.68. The molecule has 6 heteroatoms. The monoisotopic (exact) mass is 292 g/mol. The molecule has 0 saturated heterocycles. The van der Waals surface area contributed by atoms with Crippen LogP contribution in [0.5, 0.6) is 0 Å². The molecular weight excluding hydrogens is 276 g/mol. The van der Waals surface area contributed by atoms with Gasteiger partial charge in [0.25, 0.3) is 0 Å². The van der Waals surface area contributed by atoms with Gasteiger partial charge in [0.1, 0.15) is 5.01 Å². The van der Waals surface area contributed by atoms with Crippen LogP contribution < -0.4 is 5.32 Å². The molecule has 0 saturated carbocycles. The summed E-state index contributed by atoms with van der Waals surface area (Å²) >= 11 is 8.98. The smallest absolute Gasteiger partial charge is 0.226 e. The molecule has 0 unspecified atom stereocenters. The van der Waals surface area contributed by atoms with Crippen LogP contribution in [-0.2, 0) is 17.1 Å². The van der Waals surface area contributed by atoms with Gasteiger partial charge in [0.15, 0.2) is 0 Å². The van der Waals surface area contributed by atoms with Crippen LogP contribution in [-0.4, -0.2) is 29.4 Å². The van der Waals surface area contributed by atoms with E-state index in [-0.39, 0.29) is 5.91 Å². The summed E-state index contributed by atoms with van der Waals surface area (Å²) in [4.78, 5) is 15.8. The summed E-state index contributed by atoms with van der Waals surface area (Å²) in [5, 5.41) is 5.64. The molecule has 3 nitrogen and oxygen atoms in total. The van der Waals surface area contributed by atoms with Gasteiger partial charge in [-0.15, -0.1) is 22.9 Å². The van der Waals surface area contributed by atoms with E-state index in [1.807, 2.05) is 17.1 Å². The van der Waals surface area contributed by atoms with Gasteiger partial charge in [0.05, 0.1) is 18.0 Å². The number of nitrogens with zero attached hydrogens (tertiary/aromatic N) is 1. The van der Waals surface area contributed by atoms with Crippen molar-refractivity contribution in [3.8, 4) is 0 Å². The van der Waals surface area contributed by atoms with Crippen molar-refractivity contribution in [1.82, 2.24) is 10.3 Å². The van der Waals surface area contributed by atoms with Crippen molar-refractivity contribution in [2.75, 3.05) is 18.6 Å². The maximum atomic E-state index is 11.6. The summed E-state index contributed by atoms with van der Waals surface area (Å²) in [5.74, 6) is 1.61. The molecule has 17 heavy (non-hydrogen) atoms. The SMILES string of the molecule is CSCCCCNC(=O)Cc1nc(CCl)cs1. The lowest BCUT2D eigenvalue weighted by molar-refractivity contribution is -0.120. The summed E-state index contributed by atoms with van der Waals surface area (Å²) in [5.41, 5.74) is 0.847. The normalized spacial score (nSPS) is 10.5. The minimum absolute atomic E-state index is 0.0459. The molecule has 0 radical (unpaired) electrons. The molecule has 0 aromatic carbocycles. The second-order valence-corrected chi connectivity index (χ2v) is 5.79. The first-order valence-corrected chi connectivity index (χ1v) is 8.32. The van der Waals surface area contributed by atoms with Crippen LogP contribution >= 0.6 is 34.7 Å². The van der Waals surface area contributed by atoms with Gasteiger partial charge < -0.3 is 5.32 Å². The number of thiazole rings is 1. The maximum absolute atomic E-state index is 11.6. The molecule has 0 aliphatic heterocycles. The van der Waals surface area contributed by atoms with Crippen LogP contribution in [0.25, 0.3) is 0 Å². The lowest BCUT2D eigenvalue weighted by Crippen LogP contribution is -2.26. The number of amides is 1. The number of carbonyl (C=O) groups excluding carboxylic acids is 1. The van der Waals surface area contributed by atoms with E-state index in [2.05, 4.69) is 16.6 Å². The molecule has 1 aromatic heterocycles. The zero-order chi connectivity index (χ0) is 12.5. The van der Waals surface area contributed by atoms with Crippen molar-refractivity contribution in [2.24, 2.45) is 0 Å². The third-order valence-electron chi connectivity index (χ3n) is 2.15. The number of aromatic nitrogens is 1. The lowest BCUT2D eigenvalue weighted by Gasteiger charge is -2.03. The number of hydrogen-bond acceptors (Lipinski definition) is 4. The number of carbonyl (C=O) groups is 1. The molecule has 96 valence electrons. The quantitative estimate of drug-likeness (QED) is 0.592. The van der Waals surface area contributed by atoms with Gasteiger partial charge in [-0.25, -0.2) is 4.98 Å². The van der Waals surface area contributed by atoms with Crippen molar-refractivity contribution < 1.29 is 4.79 Å². The fraction of sp³-hybridized carbons (Fsp3) is 0.636. The molecule has 1 heterocycles. The summed E-state index contributed by atoms with van der Waals surface area (Å²) in [7, 11) is 0. The van der Waals surface area contributed by atoms with E-state index in [0.717, 1.165) is 35.8 Å². The topological polar surface area (TPSA) is 42.0 Å². The van der Waals surface area contributed by atoms with Gasteiger partial charge in [0, 0.05) is 11.9 Å². The van der Waals surface area contributed by atoms with Crippen LogP contribution in [0.2, 0.25) is 0 Å². The highest BCUT2D eigenvalue weighted by Gasteiger charge is 2.06. The van der Waals surface area contributed by atoms with Gasteiger partial charge in [-0.05, 0) is 24.9 Å². The van der Waals surface area contributed by atoms with E-state index in [4.69, 9.17) is 11.6 Å². The number of rotatable bonds is 8. The van der Waals surface area contributed by atoms with Crippen molar-refractivity contribution in [3.05, 3.63) is 16.1 Å². The molecule has 0 aliphatic carbocycles. The Hall–Kier alpha value is -0.260. The number of nitrogens with one attached hydrogen (secondary N) is 1. The molecule has 0 spiro atoms. The third-order valence-corrected chi connectivity index (χ3v) is 4.01. The summed E-state index contributed by atoms with van der Waals surface area (Å²) < 4.78 is 0. The second kappa shape index (κ2) is 8.78. The fourth-order valence-corrected chi connectivity index (χ4v) is 2.80. The lowest BCUT2D eigenvalue weighted by atomic mass is 10.3. The van der Waals surface area contributed by atoms with Gasteiger partial charge in [-0.2, -0.15) is 11.8 Å². The van der Waals surface area contributed by atoms with Crippen molar-refractivity contribution in [3.63, 3.8) is 0 Å². The highest BCUT2D eigenvalue weighted by atomic mass is 35.5. The Morgan fingerprint density at radius 2 is 2.41 bits per heavy atom. The molecule has 1 amide bonds. The molecule has 0 aliphatic rings. The zero-order valence-electron chi connectivity index (χ0n) is 9.87. The Labute approximate surface area is 115 Å². The van der Waals surface area contributed by atoms with Crippen molar-refractivity contribution in [2.45, 2.75) is 25.1 Å². The van der Waals surface area contributed by atoms with Crippen LogP contribution in [0, 0.1) is 0 Å². The summed E-state index contributed by atoms with van der Waals surface area (Å²) in [6, 6.07) is 0. The molecule has 0 fully saturated rings. The fourth-order valence-electron chi connectivity index (χ4n) is 1.29. The Bertz CT molecular complexity index is 344. The highest BCUT2D eigenvalue weighted by molar-refractivity contribution is 7.98. The number of alkyl halides is 1. The maximum Gasteiger partial charge on any atom is 0.226 e. The van der Waals surface area contributed by atoms with Crippen LogP contribution in [0.15, 0.2) is 5.38 Å². The molecule has 1 N–H and O–H groups in total. The van der Waals surface area contributed by atoms with E-state index in [1.54, 1.807) is 0 Å². The first-order valence-electron chi connectivity index (χ1n) is 5.51. The van der Waals surface area contributed by atoms with E-state index >= 15 is 0 Å². The van der Waals surface area contributed by atoms with E-state index in [9.17, 15) is 4.79 Å². The second-order valence-electron chi connectivity index (χ2n) is 3.59. The first kappa shape index (κ1) is 14.8. The van der Waals surface area contributed by atoms with Crippen molar-refractivity contribution >= 4 is 40.6 Å². The Balaban J connectivity index is 2.16. The summed E-state index contributed by atoms with van der Waals surface area (Å²) in [6.07, 6.45) is 4.64. The van der Waals surface area contributed by atoms with E-state index in [0.29, 0.717) is 12.3 Å². The molecule has 1 rings (SSSR count). The zero-order valence-corrected chi connectivity index (χ0v) is 12.3. The number of hydrogen-bond donors (Lipinski definition) is 1. The van der Waals surface area contributed by atoms with Gasteiger partial charge in [-0.1, -0.05) is 0 Å². The molecular formula is C11H17ClN2OS2. The number of unbranched alkanes of at least 4 members (excludes halogenated alkanes) is 1.